The molecule has 2 N–H and O–H groups in total. The Labute approximate surface area is 120 Å². The SMILES string of the molecule is CC(C)Oc1cccc(C(=O)N2CC(N)(C(C)C)C2)c1. The highest BCUT2D eigenvalue weighted by molar-refractivity contribution is 5.95. The van der Waals surface area contributed by atoms with Crippen LogP contribution in [-0.2, 0) is 0 Å². The van der Waals surface area contributed by atoms with Crippen LogP contribution in [0, 0.1) is 5.92 Å². The third-order valence-corrected chi connectivity index (χ3v) is 3.86. The fourth-order valence-electron chi connectivity index (χ4n) is 2.33. The van der Waals surface area contributed by atoms with Crippen molar-refractivity contribution in [3.8, 4) is 5.75 Å². The molecule has 0 spiro atoms. The van der Waals surface area contributed by atoms with E-state index in [4.69, 9.17) is 10.5 Å². The van der Waals surface area contributed by atoms with Crippen LogP contribution < -0.4 is 10.5 Å². The van der Waals surface area contributed by atoms with Crippen molar-refractivity contribution in [2.45, 2.75) is 39.3 Å². The van der Waals surface area contributed by atoms with Crippen molar-refractivity contribution in [3.63, 3.8) is 0 Å². The molecule has 1 fully saturated rings. The molecule has 4 nitrogen and oxygen atoms in total. The van der Waals surface area contributed by atoms with Crippen molar-refractivity contribution >= 4 is 5.91 Å². The third-order valence-electron chi connectivity index (χ3n) is 3.86. The second-order valence-corrected chi connectivity index (χ2v) is 6.24. The highest BCUT2D eigenvalue weighted by Crippen LogP contribution is 2.28. The van der Waals surface area contributed by atoms with Gasteiger partial charge in [-0.1, -0.05) is 19.9 Å². The summed E-state index contributed by atoms with van der Waals surface area (Å²) in [5.41, 5.74) is 6.66. The van der Waals surface area contributed by atoms with Crippen molar-refractivity contribution in [1.82, 2.24) is 4.90 Å². The van der Waals surface area contributed by atoms with Gasteiger partial charge < -0.3 is 15.4 Å². The van der Waals surface area contributed by atoms with E-state index >= 15 is 0 Å². The Morgan fingerprint density at radius 3 is 2.50 bits per heavy atom. The Morgan fingerprint density at radius 1 is 1.30 bits per heavy atom. The number of carbonyl (C=O) groups is 1. The fourth-order valence-corrected chi connectivity index (χ4v) is 2.33. The van der Waals surface area contributed by atoms with Gasteiger partial charge in [-0.15, -0.1) is 0 Å². The molecule has 110 valence electrons. The van der Waals surface area contributed by atoms with Gasteiger partial charge in [-0.05, 0) is 38.0 Å². The molecule has 1 aliphatic heterocycles. The highest BCUT2D eigenvalue weighted by Gasteiger charge is 2.44. The van der Waals surface area contributed by atoms with E-state index in [9.17, 15) is 4.79 Å². The summed E-state index contributed by atoms with van der Waals surface area (Å²) in [7, 11) is 0. The van der Waals surface area contributed by atoms with E-state index in [2.05, 4.69) is 13.8 Å². The monoisotopic (exact) mass is 276 g/mol. The van der Waals surface area contributed by atoms with Gasteiger partial charge in [0, 0.05) is 18.7 Å². The standard InChI is InChI=1S/C16H24N2O2/c1-11(2)16(17)9-18(10-16)15(19)13-6-5-7-14(8-13)20-12(3)4/h5-8,11-12H,9-10,17H2,1-4H3. The summed E-state index contributed by atoms with van der Waals surface area (Å²) < 4.78 is 5.62. The normalized spacial score (nSPS) is 17.2. The van der Waals surface area contributed by atoms with Crippen LogP contribution in [0.1, 0.15) is 38.1 Å². The summed E-state index contributed by atoms with van der Waals surface area (Å²) in [6.07, 6.45) is 0.0991. The lowest BCUT2D eigenvalue weighted by Gasteiger charge is -2.50. The lowest BCUT2D eigenvalue weighted by Crippen LogP contribution is -2.71. The topological polar surface area (TPSA) is 55.6 Å². The summed E-state index contributed by atoms with van der Waals surface area (Å²) in [5.74, 6) is 1.14. The molecule has 0 unspecified atom stereocenters. The van der Waals surface area contributed by atoms with Gasteiger partial charge in [-0.3, -0.25) is 4.79 Å². The van der Waals surface area contributed by atoms with Crippen molar-refractivity contribution < 1.29 is 9.53 Å². The van der Waals surface area contributed by atoms with Crippen LogP contribution in [0.5, 0.6) is 5.75 Å². The Balaban J connectivity index is 2.04. The summed E-state index contributed by atoms with van der Waals surface area (Å²) in [5, 5.41) is 0. The molecular formula is C16H24N2O2. The lowest BCUT2D eigenvalue weighted by molar-refractivity contribution is 0.0274. The molecule has 0 radical (unpaired) electrons. The number of benzene rings is 1. The summed E-state index contributed by atoms with van der Waals surface area (Å²) in [6.45, 7) is 9.38. The first-order chi connectivity index (χ1) is 9.32. The average Bonchev–Trinajstić information content (AvgIpc) is 2.33. The van der Waals surface area contributed by atoms with Crippen molar-refractivity contribution in [3.05, 3.63) is 29.8 Å². The molecular weight excluding hydrogens is 252 g/mol. The van der Waals surface area contributed by atoms with E-state index in [1.807, 2.05) is 32.0 Å². The van der Waals surface area contributed by atoms with Crippen LogP contribution >= 0.6 is 0 Å². The minimum atomic E-state index is -0.234. The Kier molecular flexibility index (Phi) is 4.04. The van der Waals surface area contributed by atoms with E-state index in [0.29, 0.717) is 24.6 Å². The van der Waals surface area contributed by atoms with Crippen molar-refractivity contribution in [1.29, 1.82) is 0 Å². The van der Waals surface area contributed by atoms with Gasteiger partial charge in [0.25, 0.3) is 5.91 Å². The number of nitrogens with two attached hydrogens (primary N) is 1. The minimum absolute atomic E-state index is 0.0286. The molecule has 1 saturated heterocycles. The second kappa shape index (κ2) is 5.44. The second-order valence-electron chi connectivity index (χ2n) is 6.24. The minimum Gasteiger partial charge on any atom is -0.491 e. The molecule has 0 saturated carbocycles. The maximum absolute atomic E-state index is 12.4. The van der Waals surface area contributed by atoms with E-state index in [1.54, 1.807) is 11.0 Å². The summed E-state index contributed by atoms with van der Waals surface area (Å²) >= 11 is 0. The molecule has 20 heavy (non-hydrogen) atoms. The maximum atomic E-state index is 12.4. The highest BCUT2D eigenvalue weighted by atomic mass is 16.5. The van der Waals surface area contributed by atoms with Crippen LogP contribution in [0.15, 0.2) is 24.3 Å². The van der Waals surface area contributed by atoms with Crippen LogP contribution in [0.2, 0.25) is 0 Å². The van der Waals surface area contributed by atoms with Crippen molar-refractivity contribution in [2.24, 2.45) is 11.7 Å². The van der Waals surface area contributed by atoms with Crippen molar-refractivity contribution in [2.75, 3.05) is 13.1 Å². The molecule has 0 atom stereocenters. The molecule has 1 aliphatic rings. The largest absolute Gasteiger partial charge is 0.491 e. The van der Waals surface area contributed by atoms with Crippen LogP contribution in [0.3, 0.4) is 0 Å². The first-order valence-corrected chi connectivity index (χ1v) is 7.17. The van der Waals surface area contributed by atoms with E-state index in [0.717, 1.165) is 5.75 Å². The predicted molar refractivity (Wildman–Crippen MR) is 79.9 cm³/mol. The van der Waals surface area contributed by atoms with Crippen LogP contribution in [0.25, 0.3) is 0 Å². The molecule has 4 heteroatoms. The zero-order chi connectivity index (χ0) is 14.9. The lowest BCUT2D eigenvalue weighted by atomic mass is 9.80. The Hall–Kier alpha value is -1.55. The number of rotatable bonds is 4. The molecule has 0 aliphatic carbocycles. The number of ether oxygens (including phenoxy) is 1. The maximum Gasteiger partial charge on any atom is 0.254 e. The van der Waals surface area contributed by atoms with Gasteiger partial charge in [0.05, 0.1) is 11.6 Å². The molecule has 0 bridgehead atoms. The quantitative estimate of drug-likeness (QED) is 0.918. The average molecular weight is 276 g/mol. The zero-order valence-corrected chi connectivity index (χ0v) is 12.7. The predicted octanol–water partition coefficient (Wildman–Crippen LogP) is 2.28. The number of hydrogen-bond donors (Lipinski definition) is 1. The van der Waals surface area contributed by atoms with E-state index in [1.165, 1.54) is 0 Å². The smallest absolute Gasteiger partial charge is 0.254 e. The van der Waals surface area contributed by atoms with Gasteiger partial charge >= 0.3 is 0 Å². The fraction of sp³-hybridized carbons (Fsp3) is 0.562. The number of likely N-dealkylation sites (tertiary alicyclic amines) is 1. The first kappa shape index (κ1) is 14.9. The summed E-state index contributed by atoms with van der Waals surface area (Å²) in [6, 6.07) is 7.34. The molecule has 1 aromatic rings. The van der Waals surface area contributed by atoms with Gasteiger partial charge in [0.2, 0.25) is 0 Å². The molecule has 0 aromatic heterocycles. The first-order valence-electron chi connectivity index (χ1n) is 7.17. The molecule has 1 amide bonds. The Bertz CT molecular complexity index is 491. The molecule has 1 aromatic carbocycles. The van der Waals surface area contributed by atoms with E-state index in [-0.39, 0.29) is 17.6 Å². The summed E-state index contributed by atoms with van der Waals surface area (Å²) in [4.78, 5) is 14.2. The van der Waals surface area contributed by atoms with E-state index < -0.39 is 0 Å². The van der Waals surface area contributed by atoms with Gasteiger partial charge in [-0.25, -0.2) is 0 Å². The number of carbonyl (C=O) groups excluding carboxylic acids is 1. The number of amides is 1. The van der Waals surface area contributed by atoms with Crippen LogP contribution in [0.4, 0.5) is 0 Å². The van der Waals surface area contributed by atoms with Gasteiger partial charge in [-0.2, -0.15) is 0 Å². The van der Waals surface area contributed by atoms with Gasteiger partial charge in [0.15, 0.2) is 0 Å². The third kappa shape index (κ3) is 2.96. The zero-order valence-electron chi connectivity index (χ0n) is 12.7. The molecule has 2 rings (SSSR count). The number of nitrogens with zero attached hydrogens (tertiary/aromatic N) is 1. The molecule has 1 heterocycles. The number of hydrogen-bond acceptors (Lipinski definition) is 3. The van der Waals surface area contributed by atoms with Gasteiger partial charge in [0.1, 0.15) is 5.75 Å². The Morgan fingerprint density at radius 2 is 1.95 bits per heavy atom. The van der Waals surface area contributed by atoms with Crippen LogP contribution in [-0.4, -0.2) is 35.5 Å².